The molecule has 0 amide bonds. The van der Waals surface area contributed by atoms with Gasteiger partial charge in [0.1, 0.15) is 0 Å². The highest BCUT2D eigenvalue weighted by molar-refractivity contribution is 7.11. The zero-order valence-electron chi connectivity index (χ0n) is 6.33. The third-order valence-corrected chi connectivity index (χ3v) is 2.34. The molecule has 3 nitrogen and oxygen atoms in total. The second-order valence-electron chi connectivity index (χ2n) is 2.23. The smallest absolute Gasteiger partial charge is 0.175 e. The van der Waals surface area contributed by atoms with Gasteiger partial charge in [-0.25, -0.2) is 4.98 Å². The average Bonchev–Trinajstić information content (AvgIpc) is 2.36. The molecule has 0 aromatic carbocycles. The minimum Gasteiger partial charge on any atom is -0.330 e. The summed E-state index contributed by atoms with van der Waals surface area (Å²) in [6, 6.07) is 0. The number of ketones is 1. The van der Waals surface area contributed by atoms with Crippen LogP contribution in [0.15, 0.2) is 5.51 Å². The van der Waals surface area contributed by atoms with Crippen molar-refractivity contribution >= 4 is 17.1 Å². The van der Waals surface area contributed by atoms with Crippen LogP contribution in [0.5, 0.6) is 0 Å². The van der Waals surface area contributed by atoms with Crippen LogP contribution >= 0.6 is 11.3 Å². The zero-order valence-corrected chi connectivity index (χ0v) is 7.15. The highest BCUT2D eigenvalue weighted by atomic mass is 32.1. The van der Waals surface area contributed by atoms with Gasteiger partial charge in [-0.15, -0.1) is 11.3 Å². The van der Waals surface area contributed by atoms with Crippen molar-refractivity contribution in [3.63, 3.8) is 0 Å². The van der Waals surface area contributed by atoms with Crippen molar-refractivity contribution in [2.24, 2.45) is 5.73 Å². The molecular formula is C7H10N2OS. The van der Waals surface area contributed by atoms with E-state index in [1.807, 2.05) is 6.92 Å². The maximum atomic E-state index is 11.2. The molecule has 0 radical (unpaired) electrons. The molecule has 0 atom stereocenters. The molecule has 0 aliphatic carbocycles. The van der Waals surface area contributed by atoms with E-state index in [0.717, 1.165) is 10.6 Å². The van der Waals surface area contributed by atoms with Gasteiger partial charge in [-0.1, -0.05) is 0 Å². The molecule has 0 unspecified atom stereocenters. The van der Waals surface area contributed by atoms with E-state index in [4.69, 9.17) is 5.73 Å². The summed E-state index contributed by atoms with van der Waals surface area (Å²) in [5.74, 6) is 0.104. The van der Waals surface area contributed by atoms with Crippen molar-refractivity contribution < 1.29 is 4.79 Å². The van der Waals surface area contributed by atoms with Crippen LogP contribution in [-0.4, -0.2) is 17.3 Å². The van der Waals surface area contributed by atoms with Crippen LogP contribution < -0.4 is 5.73 Å². The van der Waals surface area contributed by atoms with Gasteiger partial charge in [0.25, 0.3) is 0 Å². The van der Waals surface area contributed by atoms with E-state index < -0.39 is 0 Å². The van der Waals surface area contributed by atoms with Crippen LogP contribution in [0, 0.1) is 6.92 Å². The molecule has 0 bridgehead atoms. The fourth-order valence-corrected chi connectivity index (χ4v) is 1.59. The summed E-state index contributed by atoms with van der Waals surface area (Å²) in [5, 5.41) is 0. The van der Waals surface area contributed by atoms with Gasteiger partial charge < -0.3 is 5.73 Å². The Kier molecular flexibility index (Phi) is 2.73. The van der Waals surface area contributed by atoms with Crippen LogP contribution in [0.3, 0.4) is 0 Å². The maximum Gasteiger partial charge on any atom is 0.175 e. The monoisotopic (exact) mass is 170 g/mol. The fourth-order valence-electron chi connectivity index (χ4n) is 0.814. The van der Waals surface area contributed by atoms with Crippen molar-refractivity contribution in [3.8, 4) is 0 Å². The van der Waals surface area contributed by atoms with E-state index in [9.17, 15) is 4.79 Å². The Morgan fingerprint density at radius 2 is 2.55 bits per heavy atom. The summed E-state index contributed by atoms with van der Waals surface area (Å²) < 4.78 is 0. The number of thiazole rings is 1. The number of rotatable bonds is 3. The normalized spacial score (nSPS) is 10.0. The van der Waals surface area contributed by atoms with Crippen LogP contribution in [0.2, 0.25) is 0 Å². The van der Waals surface area contributed by atoms with E-state index in [1.165, 1.54) is 11.3 Å². The predicted octanol–water partition coefficient (Wildman–Crippen LogP) is 0.983. The van der Waals surface area contributed by atoms with Gasteiger partial charge in [0.2, 0.25) is 0 Å². The number of hydrogen-bond donors (Lipinski definition) is 1. The molecule has 0 fully saturated rings. The molecular weight excluding hydrogens is 160 g/mol. The van der Waals surface area contributed by atoms with Gasteiger partial charge in [-0.2, -0.15) is 0 Å². The van der Waals surface area contributed by atoms with Crippen molar-refractivity contribution in [1.29, 1.82) is 0 Å². The number of hydrogen-bond acceptors (Lipinski definition) is 4. The summed E-state index contributed by atoms with van der Waals surface area (Å²) in [5.41, 5.74) is 7.74. The molecule has 4 heteroatoms. The summed E-state index contributed by atoms with van der Waals surface area (Å²) in [6.07, 6.45) is 0.420. The van der Waals surface area contributed by atoms with Crippen molar-refractivity contribution in [2.45, 2.75) is 13.3 Å². The van der Waals surface area contributed by atoms with Gasteiger partial charge in [0, 0.05) is 6.42 Å². The van der Waals surface area contributed by atoms with Crippen LogP contribution in [-0.2, 0) is 0 Å². The molecule has 2 N–H and O–H groups in total. The lowest BCUT2D eigenvalue weighted by atomic mass is 10.2. The average molecular weight is 170 g/mol. The van der Waals surface area contributed by atoms with Crippen LogP contribution in [0.25, 0.3) is 0 Å². The van der Waals surface area contributed by atoms with Gasteiger partial charge >= 0.3 is 0 Å². The van der Waals surface area contributed by atoms with E-state index >= 15 is 0 Å². The summed E-state index contributed by atoms with van der Waals surface area (Å²) in [4.78, 5) is 15.9. The van der Waals surface area contributed by atoms with Gasteiger partial charge in [0.15, 0.2) is 5.78 Å². The largest absolute Gasteiger partial charge is 0.330 e. The maximum absolute atomic E-state index is 11.2. The second-order valence-corrected chi connectivity index (χ2v) is 3.08. The minimum atomic E-state index is 0.104. The quantitative estimate of drug-likeness (QED) is 0.688. The third-order valence-electron chi connectivity index (χ3n) is 1.37. The van der Waals surface area contributed by atoms with E-state index in [2.05, 4.69) is 4.98 Å². The molecule has 1 aromatic rings. The first-order chi connectivity index (χ1) is 5.25. The number of carbonyl (C=O) groups is 1. The predicted molar refractivity (Wildman–Crippen MR) is 44.9 cm³/mol. The van der Waals surface area contributed by atoms with Crippen LogP contribution in [0.1, 0.15) is 21.8 Å². The fraction of sp³-hybridized carbons (Fsp3) is 0.429. The molecule has 60 valence electrons. The molecule has 1 heterocycles. The molecule has 0 aliphatic rings. The van der Waals surface area contributed by atoms with Gasteiger partial charge in [-0.3, -0.25) is 4.79 Å². The van der Waals surface area contributed by atoms with Gasteiger partial charge in [-0.05, 0) is 13.5 Å². The number of carbonyl (C=O) groups excluding carboxylic acids is 1. The number of aryl methyl sites for hydroxylation is 1. The first-order valence-electron chi connectivity index (χ1n) is 3.39. The number of nitrogens with zero attached hydrogens (tertiary/aromatic N) is 1. The summed E-state index contributed by atoms with van der Waals surface area (Å²) >= 11 is 1.38. The van der Waals surface area contributed by atoms with E-state index in [1.54, 1.807) is 5.51 Å². The lowest BCUT2D eigenvalue weighted by Gasteiger charge is -1.93. The Balaban J connectivity index is 2.76. The highest BCUT2D eigenvalue weighted by Crippen LogP contribution is 2.13. The Hall–Kier alpha value is -0.740. The molecule has 0 spiro atoms. The van der Waals surface area contributed by atoms with Crippen LogP contribution in [0.4, 0.5) is 0 Å². The highest BCUT2D eigenvalue weighted by Gasteiger charge is 2.09. The molecule has 1 rings (SSSR count). The van der Waals surface area contributed by atoms with Gasteiger partial charge in [0.05, 0.1) is 16.1 Å². The third kappa shape index (κ3) is 1.85. The van der Waals surface area contributed by atoms with Crippen molar-refractivity contribution in [2.75, 3.05) is 6.54 Å². The second kappa shape index (κ2) is 3.59. The first kappa shape index (κ1) is 8.36. The number of aromatic nitrogens is 1. The molecule has 11 heavy (non-hydrogen) atoms. The SMILES string of the molecule is Cc1ncsc1C(=O)CCN. The summed E-state index contributed by atoms with van der Waals surface area (Å²) in [6.45, 7) is 2.25. The standard InChI is InChI=1S/C7H10N2OS/c1-5-7(11-4-9-5)6(10)2-3-8/h4H,2-3,8H2,1H3. The molecule has 0 saturated heterocycles. The Morgan fingerprint density at radius 3 is 3.00 bits per heavy atom. The van der Waals surface area contributed by atoms with E-state index in [-0.39, 0.29) is 5.78 Å². The zero-order chi connectivity index (χ0) is 8.27. The minimum absolute atomic E-state index is 0.104. The topological polar surface area (TPSA) is 56.0 Å². The lowest BCUT2D eigenvalue weighted by Crippen LogP contribution is -2.07. The van der Waals surface area contributed by atoms with Crippen molar-refractivity contribution in [1.82, 2.24) is 4.98 Å². The molecule has 0 saturated carbocycles. The lowest BCUT2D eigenvalue weighted by molar-refractivity contribution is 0.0988. The molecule has 1 aromatic heterocycles. The van der Waals surface area contributed by atoms with E-state index in [0.29, 0.717) is 13.0 Å². The van der Waals surface area contributed by atoms with Crippen molar-refractivity contribution in [3.05, 3.63) is 16.1 Å². The number of nitrogens with two attached hydrogens (primary N) is 1. The first-order valence-corrected chi connectivity index (χ1v) is 4.27. The Bertz CT molecular complexity index is 257. The molecule has 0 aliphatic heterocycles. The Morgan fingerprint density at radius 1 is 1.82 bits per heavy atom. The summed E-state index contributed by atoms with van der Waals surface area (Å²) in [7, 11) is 0. The number of Topliss-reactive ketones (excluding diaryl/α,β-unsaturated/α-hetero) is 1. The Labute approximate surface area is 69.3 Å².